The summed E-state index contributed by atoms with van der Waals surface area (Å²) in [7, 11) is 0. The highest BCUT2D eigenvalue weighted by Gasteiger charge is 2.28. The molecule has 5 nitrogen and oxygen atoms in total. The maximum Gasteiger partial charge on any atom is 0.258 e. The average molecular weight is 409 g/mol. The molecule has 3 aromatic rings. The molecule has 0 fully saturated rings. The van der Waals surface area contributed by atoms with Crippen LogP contribution >= 0.6 is 11.6 Å². The van der Waals surface area contributed by atoms with Crippen molar-refractivity contribution in [1.29, 1.82) is 0 Å². The minimum Gasteiger partial charge on any atom is -0.490 e. The molecule has 4 rings (SSSR count). The minimum atomic E-state index is -0.0601. The van der Waals surface area contributed by atoms with Crippen molar-refractivity contribution in [3.8, 4) is 5.75 Å². The van der Waals surface area contributed by atoms with Crippen molar-refractivity contribution in [3.63, 3.8) is 0 Å². The predicted octanol–water partition coefficient (Wildman–Crippen LogP) is 4.43. The molecule has 0 unspecified atom stereocenters. The summed E-state index contributed by atoms with van der Waals surface area (Å²) in [6, 6.07) is 18.9. The predicted molar refractivity (Wildman–Crippen MR) is 115 cm³/mol. The monoisotopic (exact) mass is 408 g/mol. The van der Waals surface area contributed by atoms with Crippen molar-refractivity contribution >= 4 is 39.9 Å². The van der Waals surface area contributed by atoms with Crippen LogP contribution < -0.4 is 15.0 Å². The minimum absolute atomic E-state index is 0.00495. The molecule has 1 aliphatic heterocycles. The summed E-state index contributed by atoms with van der Waals surface area (Å²) >= 11 is 6.03. The summed E-state index contributed by atoms with van der Waals surface area (Å²) in [6.07, 6.45) is 0.940. The topological polar surface area (TPSA) is 58.6 Å². The molecular formula is C23H21ClN2O3. The van der Waals surface area contributed by atoms with Crippen LogP contribution in [0.5, 0.6) is 5.75 Å². The smallest absolute Gasteiger partial charge is 0.258 e. The normalized spacial score (nSPS) is 12.4. The summed E-state index contributed by atoms with van der Waals surface area (Å²) in [5.74, 6) is 0.546. The fourth-order valence-corrected chi connectivity index (χ4v) is 3.79. The third-order valence-electron chi connectivity index (χ3n) is 4.95. The molecule has 0 saturated carbocycles. The molecule has 1 N–H and O–H groups in total. The quantitative estimate of drug-likeness (QED) is 0.561. The number of nitrogens with zero attached hydrogens (tertiary/aromatic N) is 1. The van der Waals surface area contributed by atoms with Crippen LogP contribution in [0.2, 0.25) is 5.02 Å². The Hall–Kier alpha value is -3.05. The Balaban J connectivity index is 1.24. The number of hydrogen-bond acceptors (Lipinski definition) is 3. The van der Waals surface area contributed by atoms with E-state index in [-0.39, 0.29) is 11.8 Å². The van der Waals surface area contributed by atoms with Gasteiger partial charge in [0.05, 0.1) is 17.3 Å². The molecular weight excluding hydrogens is 388 g/mol. The van der Waals surface area contributed by atoms with Crippen LogP contribution in [0.3, 0.4) is 0 Å². The second-order valence-electron chi connectivity index (χ2n) is 6.87. The number of carbonyl (C=O) groups excluding carboxylic acids is 2. The van der Waals surface area contributed by atoms with Gasteiger partial charge in [-0.15, -0.1) is 0 Å². The zero-order valence-electron chi connectivity index (χ0n) is 15.9. The van der Waals surface area contributed by atoms with E-state index >= 15 is 0 Å². The second kappa shape index (κ2) is 8.53. The van der Waals surface area contributed by atoms with Crippen LogP contribution in [0.4, 0.5) is 5.69 Å². The number of nitrogens with one attached hydrogen (secondary N) is 1. The Labute approximate surface area is 174 Å². The van der Waals surface area contributed by atoms with Crippen LogP contribution in [-0.2, 0) is 4.79 Å². The van der Waals surface area contributed by atoms with Crippen LogP contribution in [-0.4, -0.2) is 31.5 Å². The fourth-order valence-electron chi connectivity index (χ4n) is 3.60. The van der Waals surface area contributed by atoms with Gasteiger partial charge in [-0.3, -0.25) is 9.59 Å². The third-order valence-corrected chi connectivity index (χ3v) is 5.27. The Bertz CT molecular complexity index is 1060. The second-order valence-corrected chi connectivity index (χ2v) is 7.28. The van der Waals surface area contributed by atoms with Gasteiger partial charge >= 0.3 is 0 Å². The number of halogens is 1. The highest BCUT2D eigenvalue weighted by molar-refractivity contribution is 6.32. The molecule has 0 atom stereocenters. The van der Waals surface area contributed by atoms with Crippen molar-refractivity contribution in [2.45, 2.75) is 12.8 Å². The number of anilines is 1. The van der Waals surface area contributed by atoms with Gasteiger partial charge in [0.15, 0.2) is 0 Å². The zero-order valence-corrected chi connectivity index (χ0v) is 16.6. The first-order chi connectivity index (χ1) is 14.1. The Morgan fingerprint density at radius 1 is 1.03 bits per heavy atom. The summed E-state index contributed by atoms with van der Waals surface area (Å²) in [4.78, 5) is 26.6. The third kappa shape index (κ3) is 4.05. The number of benzene rings is 3. The molecule has 1 aliphatic rings. The standard InChI is InChI=1S/C23H21ClN2O3/c24-18-9-1-2-11-20(18)29-15-13-25-21(27)12-5-14-26-19-10-4-7-16-6-3-8-17(22(16)19)23(26)28/h1-4,6-11H,5,12-15H2,(H,25,27). The lowest BCUT2D eigenvalue weighted by molar-refractivity contribution is -0.121. The fraction of sp³-hybridized carbons (Fsp3) is 0.217. The van der Waals surface area contributed by atoms with Gasteiger partial charge in [-0.05, 0) is 36.1 Å². The maximum atomic E-state index is 12.7. The van der Waals surface area contributed by atoms with E-state index in [0.29, 0.717) is 43.3 Å². The van der Waals surface area contributed by atoms with E-state index in [9.17, 15) is 9.59 Å². The highest BCUT2D eigenvalue weighted by Crippen LogP contribution is 2.37. The van der Waals surface area contributed by atoms with E-state index in [4.69, 9.17) is 16.3 Å². The van der Waals surface area contributed by atoms with Gasteiger partial charge in [0.2, 0.25) is 5.91 Å². The number of para-hydroxylation sites is 1. The number of ether oxygens (including phenoxy) is 1. The van der Waals surface area contributed by atoms with Crippen molar-refractivity contribution in [3.05, 3.63) is 71.2 Å². The van der Waals surface area contributed by atoms with Crippen LogP contribution in [0, 0.1) is 0 Å². The Kier molecular flexibility index (Phi) is 5.67. The Morgan fingerprint density at radius 2 is 1.83 bits per heavy atom. The van der Waals surface area contributed by atoms with Gasteiger partial charge in [0, 0.05) is 23.9 Å². The van der Waals surface area contributed by atoms with E-state index in [2.05, 4.69) is 5.32 Å². The first-order valence-electron chi connectivity index (χ1n) is 9.63. The van der Waals surface area contributed by atoms with Gasteiger partial charge in [0.25, 0.3) is 5.91 Å². The van der Waals surface area contributed by atoms with Gasteiger partial charge in [-0.2, -0.15) is 0 Å². The zero-order chi connectivity index (χ0) is 20.2. The lowest BCUT2D eigenvalue weighted by Gasteiger charge is -2.17. The van der Waals surface area contributed by atoms with E-state index in [0.717, 1.165) is 22.0 Å². The summed E-state index contributed by atoms with van der Waals surface area (Å²) in [5, 5.41) is 5.44. The van der Waals surface area contributed by atoms with Crippen molar-refractivity contribution < 1.29 is 14.3 Å². The molecule has 148 valence electrons. The first kappa shape index (κ1) is 19.3. The highest BCUT2D eigenvalue weighted by atomic mass is 35.5. The molecule has 6 heteroatoms. The molecule has 0 saturated heterocycles. The number of amides is 2. The van der Waals surface area contributed by atoms with Crippen molar-refractivity contribution in [2.75, 3.05) is 24.6 Å². The van der Waals surface area contributed by atoms with Crippen molar-refractivity contribution in [1.82, 2.24) is 5.32 Å². The molecule has 0 spiro atoms. The van der Waals surface area contributed by atoms with Crippen molar-refractivity contribution in [2.24, 2.45) is 0 Å². The van der Waals surface area contributed by atoms with Gasteiger partial charge < -0.3 is 15.0 Å². The first-order valence-corrected chi connectivity index (χ1v) is 10.0. The van der Waals surface area contributed by atoms with E-state index in [1.807, 2.05) is 48.5 Å². The summed E-state index contributed by atoms with van der Waals surface area (Å²) in [6.45, 7) is 1.25. The maximum absolute atomic E-state index is 12.7. The molecule has 0 aromatic heterocycles. The van der Waals surface area contributed by atoms with Gasteiger partial charge in [-0.25, -0.2) is 0 Å². The van der Waals surface area contributed by atoms with Gasteiger partial charge in [0.1, 0.15) is 12.4 Å². The van der Waals surface area contributed by atoms with E-state index in [1.54, 1.807) is 17.0 Å². The van der Waals surface area contributed by atoms with E-state index in [1.165, 1.54) is 0 Å². The van der Waals surface area contributed by atoms with Crippen LogP contribution in [0.25, 0.3) is 10.8 Å². The number of carbonyl (C=O) groups is 2. The number of rotatable bonds is 8. The SMILES string of the molecule is O=C(CCCN1C(=O)c2cccc3cccc1c23)NCCOc1ccccc1Cl. The molecule has 29 heavy (non-hydrogen) atoms. The largest absolute Gasteiger partial charge is 0.490 e. The lowest BCUT2D eigenvalue weighted by atomic mass is 10.1. The molecule has 0 bridgehead atoms. The molecule has 3 aromatic carbocycles. The van der Waals surface area contributed by atoms with Gasteiger partial charge in [-0.1, -0.05) is 48.0 Å². The molecule has 2 amide bonds. The number of hydrogen-bond donors (Lipinski definition) is 1. The summed E-state index contributed by atoms with van der Waals surface area (Å²) in [5.41, 5.74) is 1.66. The molecule has 0 aliphatic carbocycles. The average Bonchev–Trinajstić information content (AvgIpc) is 3.00. The molecule has 0 radical (unpaired) electrons. The van der Waals surface area contributed by atoms with Crippen LogP contribution in [0.1, 0.15) is 23.2 Å². The Morgan fingerprint density at radius 3 is 2.66 bits per heavy atom. The molecule has 1 heterocycles. The summed E-state index contributed by atoms with van der Waals surface area (Å²) < 4.78 is 5.56. The van der Waals surface area contributed by atoms with Crippen LogP contribution in [0.15, 0.2) is 60.7 Å². The van der Waals surface area contributed by atoms with E-state index < -0.39 is 0 Å². The lowest BCUT2D eigenvalue weighted by Crippen LogP contribution is -2.31.